The van der Waals surface area contributed by atoms with E-state index >= 15 is 0 Å². The maximum absolute atomic E-state index is 12.7. The highest BCUT2D eigenvalue weighted by Gasteiger charge is 2.24. The van der Waals surface area contributed by atoms with Gasteiger partial charge in [0.1, 0.15) is 4.90 Å². The monoisotopic (exact) mass is 476 g/mol. The van der Waals surface area contributed by atoms with Crippen molar-refractivity contribution in [2.24, 2.45) is 0 Å². The zero-order valence-electron chi connectivity index (χ0n) is 14.6. The van der Waals surface area contributed by atoms with Crippen LogP contribution in [0.5, 0.6) is 0 Å². The van der Waals surface area contributed by atoms with Gasteiger partial charge in [-0.25, -0.2) is 25.9 Å². The highest BCUT2D eigenvalue weighted by atomic mass is 79.9. The first-order chi connectivity index (χ1) is 12.5. The maximum Gasteiger partial charge on any atom is 0.339 e. The van der Waals surface area contributed by atoms with Crippen LogP contribution in [-0.4, -0.2) is 48.3 Å². The van der Waals surface area contributed by atoms with Gasteiger partial charge in [-0.05, 0) is 42.5 Å². The van der Waals surface area contributed by atoms with Crippen molar-refractivity contribution in [3.8, 4) is 0 Å². The maximum atomic E-state index is 12.7. The Morgan fingerprint density at radius 2 is 1.63 bits per heavy atom. The zero-order valence-corrected chi connectivity index (χ0v) is 17.9. The van der Waals surface area contributed by atoms with E-state index in [1.165, 1.54) is 56.6 Å². The molecule has 2 aromatic carbocycles. The fraction of sp³-hybridized carbons (Fsp3) is 0.188. The van der Waals surface area contributed by atoms with E-state index in [9.17, 15) is 21.6 Å². The van der Waals surface area contributed by atoms with Gasteiger partial charge in [0, 0.05) is 24.3 Å². The number of methoxy groups -OCH3 is 1. The molecular formula is C16H17BrN2O6S2. The number of carbonyl (C=O) groups excluding carboxylic acids is 1. The largest absolute Gasteiger partial charge is 0.465 e. The molecule has 0 unspecified atom stereocenters. The summed E-state index contributed by atoms with van der Waals surface area (Å²) in [6, 6.07) is 9.31. The molecule has 11 heteroatoms. The first-order valence-electron chi connectivity index (χ1n) is 7.42. The molecule has 27 heavy (non-hydrogen) atoms. The van der Waals surface area contributed by atoms with Crippen LogP contribution < -0.4 is 4.72 Å². The van der Waals surface area contributed by atoms with Gasteiger partial charge in [0.2, 0.25) is 10.0 Å². The lowest BCUT2D eigenvalue weighted by molar-refractivity contribution is 0.0596. The van der Waals surface area contributed by atoms with Crippen LogP contribution in [0.4, 0.5) is 5.69 Å². The number of anilines is 1. The number of rotatable bonds is 6. The number of esters is 1. The smallest absolute Gasteiger partial charge is 0.339 e. The molecular weight excluding hydrogens is 460 g/mol. The van der Waals surface area contributed by atoms with E-state index in [0.717, 1.165) is 11.4 Å². The molecule has 0 spiro atoms. The molecule has 0 fully saturated rings. The van der Waals surface area contributed by atoms with Gasteiger partial charge < -0.3 is 4.74 Å². The molecule has 1 N–H and O–H groups in total. The Morgan fingerprint density at radius 1 is 1.04 bits per heavy atom. The molecule has 0 radical (unpaired) electrons. The van der Waals surface area contributed by atoms with Crippen molar-refractivity contribution < 1.29 is 26.4 Å². The van der Waals surface area contributed by atoms with E-state index in [-0.39, 0.29) is 21.0 Å². The molecule has 0 bridgehead atoms. The van der Waals surface area contributed by atoms with Gasteiger partial charge in [0.05, 0.1) is 17.6 Å². The van der Waals surface area contributed by atoms with E-state index < -0.39 is 26.0 Å². The minimum absolute atomic E-state index is 0.0225. The summed E-state index contributed by atoms with van der Waals surface area (Å²) >= 11 is 3.18. The van der Waals surface area contributed by atoms with Crippen LogP contribution in [0.2, 0.25) is 0 Å². The van der Waals surface area contributed by atoms with Crippen LogP contribution in [0.1, 0.15) is 10.4 Å². The molecule has 0 saturated carbocycles. The molecule has 0 aliphatic rings. The first kappa shape index (κ1) is 21.4. The summed E-state index contributed by atoms with van der Waals surface area (Å²) in [5.74, 6) is -0.802. The minimum atomic E-state index is -4.11. The van der Waals surface area contributed by atoms with Gasteiger partial charge in [-0.3, -0.25) is 4.72 Å². The van der Waals surface area contributed by atoms with Gasteiger partial charge in [0.25, 0.3) is 10.0 Å². The van der Waals surface area contributed by atoms with Crippen LogP contribution in [0.25, 0.3) is 0 Å². The average Bonchev–Trinajstić information content (AvgIpc) is 2.60. The fourth-order valence-corrected chi connectivity index (χ4v) is 4.62. The number of sulfonamides is 2. The zero-order chi connectivity index (χ0) is 20.4. The summed E-state index contributed by atoms with van der Waals surface area (Å²) in [7, 11) is -3.79. The van der Waals surface area contributed by atoms with Crippen molar-refractivity contribution >= 4 is 47.6 Å². The lowest BCUT2D eigenvalue weighted by Crippen LogP contribution is -2.22. The van der Waals surface area contributed by atoms with Gasteiger partial charge in [-0.1, -0.05) is 15.9 Å². The van der Waals surface area contributed by atoms with Crippen LogP contribution in [-0.2, 0) is 24.8 Å². The third-order valence-corrected chi connectivity index (χ3v) is 7.28. The van der Waals surface area contributed by atoms with E-state index in [4.69, 9.17) is 0 Å². The number of ether oxygens (including phenoxy) is 1. The quantitative estimate of drug-likeness (QED) is 0.640. The molecule has 0 aliphatic heterocycles. The van der Waals surface area contributed by atoms with Gasteiger partial charge in [-0.2, -0.15) is 0 Å². The molecule has 0 aliphatic carbocycles. The highest BCUT2D eigenvalue weighted by molar-refractivity contribution is 9.10. The molecule has 8 nitrogen and oxygen atoms in total. The van der Waals surface area contributed by atoms with Crippen LogP contribution in [0.15, 0.2) is 56.7 Å². The van der Waals surface area contributed by atoms with Gasteiger partial charge in [-0.15, -0.1) is 0 Å². The normalized spacial score (nSPS) is 12.0. The summed E-state index contributed by atoms with van der Waals surface area (Å²) < 4.78 is 58.0. The van der Waals surface area contributed by atoms with Crippen LogP contribution in [0, 0.1) is 0 Å². The van der Waals surface area contributed by atoms with Crippen LogP contribution in [0.3, 0.4) is 0 Å². The predicted molar refractivity (Wildman–Crippen MR) is 104 cm³/mol. The second-order valence-corrected chi connectivity index (χ2v) is 10.3. The third-order valence-electron chi connectivity index (χ3n) is 3.52. The highest BCUT2D eigenvalue weighted by Crippen LogP contribution is 2.25. The molecule has 0 aromatic heterocycles. The summed E-state index contributed by atoms with van der Waals surface area (Å²) in [5.41, 5.74) is 0.0117. The van der Waals surface area contributed by atoms with E-state index in [1.54, 1.807) is 0 Å². The molecule has 0 atom stereocenters. The number of nitrogens with zero attached hydrogens (tertiary/aromatic N) is 1. The Kier molecular flexibility index (Phi) is 6.30. The molecule has 0 heterocycles. The Hall–Kier alpha value is -1.95. The van der Waals surface area contributed by atoms with Crippen molar-refractivity contribution in [1.82, 2.24) is 4.31 Å². The second-order valence-electron chi connectivity index (χ2n) is 5.55. The molecule has 2 aromatic rings. The number of halogens is 1. The molecule has 2 rings (SSSR count). The van der Waals surface area contributed by atoms with Crippen molar-refractivity contribution in [2.45, 2.75) is 9.79 Å². The lowest BCUT2D eigenvalue weighted by atomic mass is 10.2. The SMILES string of the molecule is COC(=O)c1cc(Br)ccc1S(=O)(=O)Nc1ccc(S(=O)(=O)N(C)C)cc1. The Labute approximate surface area is 166 Å². The first-order valence-corrected chi connectivity index (χ1v) is 11.1. The van der Waals surface area contributed by atoms with E-state index in [1.807, 2.05) is 0 Å². The predicted octanol–water partition coefficient (Wildman–Crippen LogP) is 2.29. The standard InChI is InChI=1S/C16H17BrN2O6S2/c1-19(2)27(23,24)13-7-5-12(6-8-13)18-26(21,22)15-9-4-11(17)10-14(15)16(20)25-3/h4-10,18H,1-3H3. The minimum Gasteiger partial charge on any atom is -0.465 e. The number of nitrogens with one attached hydrogen (secondary N) is 1. The van der Waals surface area contributed by atoms with Gasteiger partial charge >= 0.3 is 5.97 Å². The topological polar surface area (TPSA) is 110 Å². The Bertz CT molecular complexity index is 1060. The summed E-state index contributed by atoms with van der Waals surface area (Å²) in [5, 5.41) is 0. The fourth-order valence-electron chi connectivity index (χ4n) is 2.12. The summed E-state index contributed by atoms with van der Waals surface area (Å²) in [6.07, 6.45) is 0. The lowest BCUT2D eigenvalue weighted by Gasteiger charge is -2.13. The summed E-state index contributed by atoms with van der Waals surface area (Å²) in [6.45, 7) is 0. The average molecular weight is 477 g/mol. The second kappa shape index (κ2) is 7.97. The van der Waals surface area contributed by atoms with E-state index in [2.05, 4.69) is 25.4 Å². The van der Waals surface area contributed by atoms with Crippen LogP contribution >= 0.6 is 15.9 Å². The number of carbonyl (C=O) groups is 1. The molecule has 0 saturated heterocycles. The third kappa shape index (κ3) is 4.67. The Morgan fingerprint density at radius 3 is 2.15 bits per heavy atom. The van der Waals surface area contributed by atoms with E-state index in [0.29, 0.717) is 4.47 Å². The number of hydrogen-bond acceptors (Lipinski definition) is 6. The molecule has 146 valence electrons. The Balaban J connectivity index is 2.39. The van der Waals surface area contributed by atoms with Gasteiger partial charge in [0.15, 0.2) is 0 Å². The van der Waals surface area contributed by atoms with Crippen molar-refractivity contribution in [3.05, 3.63) is 52.5 Å². The van der Waals surface area contributed by atoms with Crippen molar-refractivity contribution in [1.29, 1.82) is 0 Å². The van der Waals surface area contributed by atoms with Crippen molar-refractivity contribution in [3.63, 3.8) is 0 Å². The number of benzene rings is 2. The summed E-state index contributed by atoms with van der Waals surface area (Å²) in [4.78, 5) is 11.7. The van der Waals surface area contributed by atoms with Crippen molar-refractivity contribution in [2.75, 3.05) is 25.9 Å². The molecule has 0 amide bonds. The number of hydrogen-bond donors (Lipinski definition) is 1.